The molecule has 0 amide bonds. The van der Waals surface area contributed by atoms with Gasteiger partial charge < -0.3 is 14.4 Å². The Morgan fingerprint density at radius 1 is 0.812 bits per heavy atom. The molecule has 0 aliphatic carbocycles. The van der Waals surface area contributed by atoms with Crippen molar-refractivity contribution in [1.29, 1.82) is 0 Å². The van der Waals surface area contributed by atoms with Crippen LogP contribution in [0.3, 0.4) is 0 Å². The van der Waals surface area contributed by atoms with Gasteiger partial charge in [0, 0.05) is 30.8 Å². The number of benzene rings is 3. The van der Waals surface area contributed by atoms with Crippen LogP contribution < -0.4 is 25.2 Å². The molecule has 166 valence electrons. The Morgan fingerprint density at radius 2 is 1.41 bits per heavy atom. The Balaban J connectivity index is 1.55. The molecule has 1 fully saturated rings. The molecule has 3 aromatic rings. The SMILES string of the molecule is COc1cc2c(cc1OC)N(Cc1ccc(C)cc1)CC1C(c3ccc(C)cc3)NNC21. The molecule has 5 nitrogen and oxygen atoms in total. The van der Waals surface area contributed by atoms with Crippen molar-refractivity contribution in [3.05, 3.63) is 88.5 Å². The first kappa shape index (κ1) is 20.9. The highest BCUT2D eigenvalue weighted by Crippen LogP contribution is 2.48. The normalized spacial score (nSPS) is 21.8. The van der Waals surface area contributed by atoms with Gasteiger partial charge in [0.2, 0.25) is 0 Å². The van der Waals surface area contributed by atoms with Crippen molar-refractivity contribution in [3.8, 4) is 11.5 Å². The Hall–Kier alpha value is -3.02. The first-order chi connectivity index (χ1) is 15.6. The molecular weight excluding hydrogens is 398 g/mol. The van der Waals surface area contributed by atoms with E-state index in [9.17, 15) is 0 Å². The summed E-state index contributed by atoms with van der Waals surface area (Å²) < 4.78 is 11.3. The fraction of sp³-hybridized carbons (Fsp3) is 0.333. The van der Waals surface area contributed by atoms with E-state index in [1.54, 1.807) is 14.2 Å². The van der Waals surface area contributed by atoms with Gasteiger partial charge in [0.25, 0.3) is 0 Å². The predicted molar refractivity (Wildman–Crippen MR) is 128 cm³/mol. The number of aryl methyl sites for hydroxylation is 2. The molecular formula is C27H31N3O2. The van der Waals surface area contributed by atoms with E-state index in [4.69, 9.17) is 9.47 Å². The average molecular weight is 430 g/mol. The standard InChI is InChI=1S/C27H31N3O2/c1-17-5-9-19(10-6-17)15-30-16-22-26(20-11-7-18(2)8-12-20)28-29-27(22)21-13-24(31-3)25(32-4)14-23(21)30/h5-14,22,26-29H,15-16H2,1-4H3. The summed E-state index contributed by atoms with van der Waals surface area (Å²) in [6.07, 6.45) is 0. The molecule has 1 saturated heterocycles. The number of anilines is 1. The van der Waals surface area contributed by atoms with Gasteiger partial charge >= 0.3 is 0 Å². The van der Waals surface area contributed by atoms with Crippen LogP contribution in [-0.2, 0) is 6.54 Å². The molecule has 2 N–H and O–H groups in total. The summed E-state index contributed by atoms with van der Waals surface area (Å²) in [5.74, 6) is 1.91. The van der Waals surface area contributed by atoms with E-state index in [1.165, 1.54) is 33.5 Å². The lowest BCUT2D eigenvalue weighted by Crippen LogP contribution is -2.39. The molecule has 0 bridgehead atoms. The number of rotatable bonds is 5. The van der Waals surface area contributed by atoms with Gasteiger partial charge in [-0.25, -0.2) is 10.9 Å². The van der Waals surface area contributed by atoms with Crippen molar-refractivity contribution in [1.82, 2.24) is 10.9 Å². The predicted octanol–water partition coefficient (Wildman–Crippen LogP) is 4.85. The topological polar surface area (TPSA) is 45.8 Å². The maximum atomic E-state index is 5.65. The van der Waals surface area contributed by atoms with Crippen LogP contribution in [0.2, 0.25) is 0 Å². The lowest BCUT2D eigenvalue weighted by atomic mass is 9.81. The summed E-state index contributed by atoms with van der Waals surface area (Å²) in [7, 11) is 3.40. The van der Waals surface area contributed by atoms with E-state index >= 15 is 0 Å². The quantitative estimate of drug-likeness (QED) is 0.607. The molecule has 3 unspecified atom stereocenters. The van der Waals surface area contributed by atoms with Crippen LogP contribution in [0.25, 0.3) is 0 Å². The van der Waals surface area contributed by atoms with Crippen molar-refractivity contribution >= 4 is 5.69 Å². The third kappa shape index (κ3) is 3.72. The van der Waals surface area contributed by atoms with E-state index in [0.717, 1.165) is 24.6 Å². The van der Waals surface area contributed by atoms with Gasteiger partial charge in [-0.1, -0.05) is 59.7 Å². The summed E-state index contributed by atoms with van der Waals surface area (Å²) in [6.45, 7) is 6.06. The van der Waals surface area contributed by atoms with Gasteiger partial charge in [0.1, 0.15) is 0 Å². The monoisotopic (exact) mass is 429 g/mol. The Labute approximate surface area is 190 Å². The van der Waals surface area contributed by atoms with Gasteiger partial charge in [-0.3, -0.25) is 0 Å². The number of nitrogens with zero attached hydrogens (tertiary/aromatic N) is 1. The smallest absolute Gasteiger partial charge is 0.162 e. The summed E-state index contributed by atoms with van der Waals surface area (Å²) >= 11 is 0. The number of methoxy groups -OCH3 is 2. The molecule has 2 heterocycles. The number of fused-ring (bicyclic) bond motifs is 3. The minimum Gasteiger partial charge on any atom is -0.493 e. The van der Waals surface area contributed by atoms with Gasteiger partial charge in [-0.2, -0.15) is 0 Å². The number of nitrogens with one attached hydrogen (secondary N) is 2. The van der Waals surface area contributed by atoms with E-state index in [1.807, 2.05) is 0 Å². The van der Waals surface area contributed by atoms with Crippen LogP contribution in [0.1, 0.15) is 39.9 Å². The van der Waals surface area contributed by atoms with Crippen molar-refractivity contribution in [2.75, 3.05) is 25.7 Å². The maximum Gasteiger partial charge on any atom is 0.162 e. The molecule has 0 radical (unpaired) electrons. The van der Waals surface area contributed by atoms with Crippen LogP contribution in [0.4, 0.5) is 5.69 Å². The zero-order valence-corrected chi connectivity index (χ0v) is 19.2. The highest BCUT2D eigenvalue weighted by molar-refractivity contribution is 5.65. The molecule has 32 heavy (non-hydrogen) atoms. The molecule has 0 spiro atoms. The summed E-state index contributed by atoms with van der Waals surface area (Å²) in [5.41, 5.74) is 14.8. The fourth-order valence-corrected chi connectivity index (χ4v) is 5.03. The molecule has 2 aliphatic heterocycles. The third-order valence-corrected chi connectivity index (χ3v) is 6.82. The van der Waals surface area contributed by atoms with Crippen LogP contribution in [0.15, 0.2) is 60.7 Å². The molecule has 5 heteroatoms. The van der Waals surface area contributed by atoms with E-state index < -0.39 is 0 Å². The van der Waals surface area contributed by atoms with Crippen molar-refractivity contribution in [3.63, 3.8) is 0 Å². The third-order valence-electron chi connectivity index (χ3n) is 6.82. The van der Waals surface area contributed by atoms with Gasteiger partial charge in [0.15, 0.2) is 11.5 Å². The number of hydrazine groups is 1. The summed E-state index contributed by atoms with van der Waals surface area (Å²) in [5, 5.41) is 0. The average Bonchev–Trinajstić information content (AvgIpc) is 3.24. The van der Waals surface area contributed by atoms with E-state index in [-0.39, 0.29) is 12.1 Å². The molecule has 0 aromatic heterocycles. The minimum atomic E-state index is 0.199. The fourth-order valence-electron chi connectivity index (χ4n) is 5.03. The van der Waals surface area contributed by atoms with Crippen LogP contribution in [0.5, 0.6) is 11.5 Å². The molecule has 5 rings (SSSR count). The second kappa shape index (κ2) is 8.49. The largest absolute Gasteiger partial charge is 0.493 e. The first-order valence-electron chi connectivity index (χ1n) is 11.2. The second-order valence-corrected chi connectivity index (χ2v) is 8.95. The summed E-state index contributed by atoms with van der Waals surface area (Å²) in [6, 6.07) is 22.4. The van der Waals surface area contributed by atoms with Gasteiger partial charge in [-0.15, -0.1) is 0 Å². The van der Waals surface area contributed by atoms with Gasteiger partial charge in [0.05, 0.1) is 26.3 Å². The zero-order chi connectivity index (χ0) is 22.2. The zero-order valence-electron chi connectivity index (χ0n) is 19.2. The Bertz CT molecular complexity index is 1100. The Kier molecular flexibility index (Phi) is 5.53. The molecule has 0 saturated carbocycles. The number of hydrogen-bond donors (Lipinski definition) is 2. The highest BCUT2D eigenvalue weighted by atomic mass is 16.5. The van der Waals surface area contributed by atoms with Gasteiger partial charge in [-0.05, 0) is 36.6 Å². The minimum absolute atomic E-state index is 0.199. The number of hydrogen-bond acceptors (Lipinski definition) is 5. The van der Waals surface area contributed by atoms with Crippen LogP contribution >= 0.6 is 0 Å². The summed E-state index contributed by atoms with van der Waals surface area (Å²) in [4.78, 5) is 2.49. The number of ether oxygens (including phenoxy) is 2. The molecule has 2 aliphatic rings. The van der Waals surface area contributed by atoms with Crippen LogP contribution in [-0.4, -0.2) is 20.8 Å². The van der Waals surface area contributed by atoms with Crippen molar-refractivity contribution < 1.29 is 9.47 Å². The lowest BCUT2D eigenvalue weighted by Gasteiger charge is -2.39. The maximum absolute atomic E-state index is 5.65. The first-order valence-corrected chi connectivity index (χ1v) is 11.2. The van der Waals surface area contributed by atoms with Crippen molar-refractivity contribution in [2.24, 2.45) is 5.92 Å². The Morgan fingerprint density at radius 3 is 2.06 bits per heavy atom. The van der Waals surface area contributed by atoms with Crippen molar-refractivity contribution in [2.45, 2.75) is 32.5 Å². The lowest BCUT2D eigenvalue weighted by molar-refractivity contribution is 0.350. The molecule has 3 aromatic carbocycles. The second-order valence-electron chi connectivity index (χ2n) is 8.95. The highest BCUT2D eigenvalue weighted by Gasteiger charge is 2.43. The van der Waals surface area contributed by atoms with E-state index in [2.05, 4.69) is 90.3 Å². The van der Waals surface area contributed by atoms with E-state index in [0.29, 0.717) is 5.92 Å². The molecule has 3 atom stereocenters. The van der Waals surface area contributed by atoms with Crippen LogP contribution in [0, 0.1) is 19.8 Å².